The number of amides is 1. The van der Waals surface area contributed by atoms with Crippen LogP contribution in [0.4, 0.5) is 10.1 Å². The fourth-order valence-corrected chi connectivity index (χ4v) is 1.49. The largest absolute Gasteiger partial charge is 0.324 e. The van der Waals surface area contributed by atoms with Crippen LogP contribution in [0.1, 0.15) is 26.7 Å². The van der Waals surface area contributed by atoms with Gasteiger partial charge in [0.1, 0.15) is 5.82 Å². The molecule has 0 aromatic heterocycles. The number of rotatable bonds is 7. The number of benzene rings is 1. The van der Waals surface area contributed by atoms with Crippen molar-refractivity contribution in [3.05, 3.63) is 30.1 Å². The number of hydrogen-bond acceptors (Lipinski definition) is 2. The van der Waals surface area contributed by atoms with E-state index in [1.54, 1.807) is 18.2 Å². The third kappa shape index (κ3) is 5.77. The molecule has 0 aliphatic carbocycles. The van der Waals surface area contributed by atoms with Crippen molar-refractivity contribution in [3.63, 3.8) is 0 Å². The van der Waals surface area contributed by atoms with Crippen LogP contribution in [0.25, 0.3) is 0 Å². The summed E-state index contributed by atoms with van der Waals surface area (Å²) in [6.07, 6.45) is 1.45. The van der Waals surface area contributed by atoms with Gasteiger partial charge < -0.3 is 10.6 Å². The Morgan fingerprint density at radius 1 is 1.28 bits per heavy atom. The molecule has 18 heavy (non-hydrogen) atoms. The number of carbonyl (C=O) groups excluding carboxylic acids is 1. The first-order chi connectivity index (χ1) is 8.59. The zero-order valence-corrected chi connectivity index (χ0v) is 11.0. The van der Waals surface area contributed by atoms with Gasteiger partial charge in [0.05, 0.1) is 5.69 Å². The minimum Gasteiger partial charge on any atom is -0.324 e. The van der Waals surface area contributed by atoms with Crippen molar-refractivity contribution in [3.8, 4) is 0 Å². The molecule has 0 bridgehead atoms. The molecule has 1 aromatic rings. The molecule has 0 unspecified atom stereocenters. The molecular weight excluding hydrogens is 231 g/mol. The molecule has 0 heterocycles. The molecule has 0 spiro atoms. The molecule has 100 valence electrons. The molecule has 2 N–H and O–H groups in total. The highest BCUT2D eigenvalue weighted by atomic mass is 19.1. The number of halogens is 1. The fourth-order valence-electron chi connectivity index (χ4n) is 1.49. The van der Waals surface area contributed by atoms with Crippen LogP contribution < -0.4 is 10.6 Å². The Kier molecular flexibility index (Phi) is 6.36. The third-order valence-corrected chi connectivity index (χ3v) is 2.58. The van der Waals surface area contributed by atoms with Crippen LogP contribution >= 0.6 is 0 Å². The molecule has 0 radical (unpaired) electrons. The molecule has 0 aliphatic heterocycles. The van der Waals surface area contributed by atoms with E-state index < -0.39 is 5.82 Å². The Bertz CT molecular complexity index is 380. The molecule has 0 atom stereocenters. The smallest absolute Gasteiger partial charge is 0.225 e. The van der Waals surface area contributed by atoms with Crippen molar-refractivity contribution in [1.29, 1.82) is 0 Å². The van der Waals surface area contributed by atoms with Crippen LogP contribution in [-0.2, 0) is 4.79 Å². The summed E-state index contributed by atoms with van der Waals surface area (Å²) in [5.74, 6) is 0.0838. The summed E-state index contributed by atoms with van der Waals surface area (Å²) in [5, 5.41) is 5.75. The van der Waals surface area contributed by atoms with Crippen molar-refractivity contribution in [2.24, 2.45) is 5.92 Å². The second-order valence-electron chi connectivity index (χ2n) is 4.71. The van der Waals surface area contributed by atoms with Gasteiger partial charge in [-0.3, -0.25) is 4.79 Å². The lowest BCUT2D eigenvalue weighted by atomic mass is 10.1. The number of carbonyl (C=O) groups is 1. The predicted molar refractivity (Wildman–Crippen MR) is 72.0 cm³/mol. The van der Waals surface area contributed by atoms with Crippen molar-refractivity contribution < 1.29 is 9.18 Å². The highest BCUT2D eigenvalue weighted by molar-refractivity contribution is 5.90. The van der Waals surface area contributed by atoms with Crippen LogP contribution in [0.5, 0.6) is 0 Å². The first-order valence-electron chi connectivity index (χ1n) is 6.34. The number of hydrogen-bond donors (Lipinski definition) is 2. The van der Waals surface area contributed by atoms with Crippen LogP contribution in [0.15, 0.2) is 24.3 Å². The van der Waals surface area contributed by atoms with E-state index in [2.05, 4.69) is 24.5 Å². The SMILES string of the molecule is CC(C)CCNCCC(=O)Nc1ccccc1F. The summed E-state index contributed by atoms with van der Waals surface area (Å²) < 4.78 is 13.3. The summed E-state index contributed by atoms with van der Waals surface area (Å²) >= 11 is 0. The van der Waals surface area contributed by atoms with Crippen molar-refractivity contribution >= 4 is 11.6 Å². The van der Waals surface area contributed by atoms with E-state index >= 15 is 0 Å². The Morgan fingerprint density at radius 2 is 2.00 bits per heavy atom. The topological polar surface area (TPSA) is 41.1 Å². The van der Waals surface area contributed by atoms with E-state index in [4.69, 9.17) is 0 Å². The lowest BCUT2D eigenvalue weighted by molar-refractivity contribution is -0.116. The molecule has 0 aliphatic rings. The van der Waals surface area contributed by atoms with Crippen molar-refractivity contribution in [2.75, 3.05) is 18.4 Å². The van der Waals surface area contributed by atoms with Crippen LogP contribution in [0.3, 0.4) is 0 Å². The number of nitrogens with one attached hydrogen (secondary N) is 2. The van der Waals surface area contributed by atoms with Crippen molar-refractivity contribution in [1.82, 2.24) is 5.32 Å². The molecule has 0 saturated carbocycles. The molecule has 1 aromatic carbocycles. The predicted octanol–water partition coefficient (Wildman–Crippen LogP) is 2.79. The van der Waals surface area contributed by atoms with E-state index in [1.807, 2.05) is 0 Å². The van der Waals surface area contributed by atoms with E-state index in [0.717, 1.165) is 13.0 Å². The van der Waals surface area contributed by atoms with E-state index in [1.165, 1.54) is 6.07 Å². The second kappa shape index (κ2) is 7.82. The Morgan fingerprint density at radius 3 is 2.67 bits per heavy atom. The fraction of sp³-hybridized carbons (Fsp3) is 0.500. The molecule has 1 rings (SSSR count). The van der Waals surface area contributed by atoms with Gasteiger partial charge >= 0.3 is 0 Å². The van der Waals surface area contributed by atoms with Crippen LogP contribution in [-0.4, -0.2) is 19.0 Å². The highest BCUT2D eigenvalue weighted by Crippen LogP contribution is 2.12. The molecule has 1 amide bonds. The van der Waals surface area contributed by atoms with Gasteiger partial charge in [-0.05, 0) is 31.0 Å². The average molecular weight is 252 g/mol. The van der Waals surface area contributed by atoms with E-state index in [9.17, 15) is 9.18 Å². The van der Waals surface area contributed by atoms with Gasteiger partial charge in [0.15, 0.2) is 0 Å². The standard InChI is InChI=1S/C14H21FN2O/c1-11(2)7-9-16-10-8-14(18)17-13-6-4-3-5-12(13)15/h3-6,11,16H,7-10H2,1-2H3,(H,17,18). The maximum atomic E-state index is 13.3. The maximum Gasteiger partial charge on any atom is 0.225 e. The first kappa shape index (κ1) is 14.6. The lowest BCUT2D eigenvalue weighted by Crippen LogP contribution is -2.23. The monoisotopic (exact) mass is 252 g/mol. The Balaban J connectivity index is 2.20. The van der Waals surface area contributed by atoms with E-state index in [0.29, 0.717) is 18.9 Å². The highest BCUT2D eigenvalue weighted by Gasteiger charge is 2.05. The normalized spacial score (nSPS) is 10.7. The number of para-hydroxylation sites is 1. The minimum atomic E-state index is -0.404. The van der Waals surface area contributed by atoms with Gasteiger partial charge in [0, 0.05) is 13.0 Å². The third-order valence-electron chi connectivity index (χ3n) is 2.58. The molecule has 0 saturated heterocycles. The van der Waals surface area contributed by atoms with E-state index in [-0.39, 0.29) is 11.6 Å². The van der Waals surface area contributed by atoms with Crippen LogP contribution in [0, 0.1) is 11.7 Å². The zero-order chi connectivity index (χ0) is 13.4. The van der Waals surface area contributed by atoms with Gasteiger partial charge in [-0.1, -0.05) is 26.0 Å². The van der Waals surface area contributed by atoms with Gasteiger partial charge in [-0.15, -0.1) is 0 Å². The van der Waals surface area contributed by atoms with Gasteiger partial charge in [-0.25, -0.2) is 4.39 Å². The van der Waals surface area contributed by atoms with Gasteiger partial charge in [0.2, 0.25) is 5.91 Å². The van der Waals surface area contributed by atoms with Crippen molar-refractivity contribution in [2.45, 2.75) is 26.7 Å². The lowest BCUT2D eigenvalue weighted by Gasteiger charge is -2.08. The number of anilines is 1. The second-order valence-corrected chi connectivity index (χ2v) is 4.71. The average Bonchev–Trinajstić information content (AvgIpc) is 2.31. The quantitative estimate of drug-likeness (QED) is 0.733. The molecular formula is C14H21FN2O. The summed E-state index contributed by atoms with van der Waals surface area (Å²) in [5.41, 5.74) is 0.240. The summed E-state index contributed by atoms with van der Waals surface area (Å²) in [6, 6.07) is 6.17. The Hall–Kier alpha value is -1.42. The summed E-state index contributed by atoms with van der Waals surface area (Å²) in [4.78, 5) is 11.5. The van der Waals surface area contributed by atoms with Crippen LogP contribution in [0.2, 0.25) is 0 Å². The Labute approximate surface area is 108 Å². The minimum absolute atomic E-state index is 0.169. The first-order valence-corrected chi connectivity index (χ1v) is 6.34. The molecule has 4 heteroatoms. The maximum absolute atomic E-state index is 13.3. The summed E-state index contributed by atoms with van der Waals surface area (Å²) in [7, 11) is 0. The zero-order valence-electron chi connectivity index (χ0n) is 11.0. The summed E-state index contributed by atoms with van der Waals surface area (Å²) in [6.45, 7) is 5.84. The van der Waals surface area contributed by atoms with Gasteiger partial charge in [-0.2, -0.15) is 0 Å². The van der Waals surface area contributed by atoms with Gasteiger partial charge in [0.25, 0.3) is 0 Å². The molecule has 0 fully saturated rings. The molecule has 3 nitrogen and oxygen atoms in total.